The number of nitrogens with zero attached hydrogens (tertiary/aromatic N) is 2. The third kappa shape index (κ3) is 2.85. The molecular weight excluding hydrogens is 352 g/mol. The van der Waals surface area contributed by atoms with E-state index in [0.29, 0.717) is 10.3 Å². The van der Waals surface area contributed by atoms with Gasteiger partial charge in [0.2, 0.25) is 3.83 Å². The zero-order valence-corrected chi connectivity index (χ0v) is 11.3. The van der Waals surface area contributed by atoms with Gasteiger partial charge in [0, 0.05) is 28.5 Å². The predicted octanol–water partition coefficient (Wildman–Crippen LogP) is 3.98. The molecule has 1 aliphatic carbocycles. The van der Waals surface area contributed by atoms with E-state index in [9.17, 15) is 13.2 Å². The maximum Gasteiger partial charge on any atom is 0.391 e. The maximum absolute atomic E-state index is 12.6. The van der Waals surface area contributed by atoms with E-state index in [-0.39, 0.29) is 18.8 Å². The summed E-state index contributed by atoms with van der Waals surface area (Å²) in [4.78, 5) is 4.18. The Morgan fingerprint density at radius 1 is 1.31 bits per heavy atom. The number of rotatable bonds is 1. The average molecular weight is 362 g/mol. The summed E-state index contributed by atoms with van der Waals surface area (Å²) in [5.74, 6) is -1.21. The van der Waals surface area contributed by atoms with E-state index in [4.69, 9.17) is 0 Å². The van der Waals surface area contributed by atoms with Crippen LogP contribution in [0.15, 0.2) is 0 Å². The molecule has 0 saturated heterocycles. The molecule has 1 aromatic rings. The van der Waals surface area contributed by atoms with Crippen molar-refractivity contribution >= 4 is 34.1 Å². The number of hydrogen-bond donors (Lipinski definition) is 0. The summed E-state index contributed by atoms with van der Waals surface area (Å²) >= 11 is 3.22. The molecule has 2 nitrogen and oxygen atoms in total. The number of halogens is 4. The van der Waals surface area contributed by atoms with Crippen molar-refractivity contribution in [2.45, 2.75) is 37.8 Å². The molecule has 1 aromatic heterocycles. The highest BCUT2D eigenvalue weighted by molar-refractivity contribution is 14.1. The minimum absolute atomic E-state index is 0.0543. The Bertz CT molecular complexity index is 366. The smallest absolute Gasteiger partial charge is 0.215 e. The van der Waals surface area contributed by atoms with Crippen LogP contribution in [0.5, 0.6) is 0 Å². The number of alkyl halides is 3. The van der Waals surface area contributed by atoms with Crippen LogP contribution in [0, 0.1) is 9.75 Å². The Morgan fingerprint density at radius 3 is 2.62 bits per heavy atom. The Balaban J connectivity index is 2.07. The fraction of sp³-hybridized carbons (Fsp3) is 0.778. The second-order valence-electron chi connectivity index (χ2n) is 4.00. The quantitative estimate of drug-likeness (QED) is 0.707. The Hall–Kier alpha value is 0.0800. The lowest BCUT2D eigenvalue weighted by Crippen LogP contribution is -2.28. The van der Waals surface area contributed by atoms with Crippen molar-refractivity contribution < 1.29 is 13.2 Å². The molecule has 0 aromatic carbocycles. The maximum atomic E-state index is 12.6. The summed E-state index contributed by atoms with van der Waals surface area (Å²) in [6.07, 6.45) is -2.19. The minimum atomic E-state index is -4.06. The van der Waals surface area contributed by atoms with Crippen LogP contribution >= 0.6 is 34.1 Å². The molecule has 0 amide bonds. The molecule has 16 heavy (non-hydrogen) atoms. The van der Waals surface area contributed by atoms with Crippen LogP contribution in [0.4, 0.5) is 13.2 Å². The van der Waals surface area contributed by atoms with E-state index in [1.807, 2.05) is 22.6 Å². The lowest BCUT2D eigenvalue weighted by atomic mass is 9.81. The van der Waals surface area contributed by atoms with Crippen molar-refractivity contribution in [3.63, 3.8) is 0 Å². The standard InChI is InChI=1S/C9H10F3IN2S/c10-9(11,12)6-3-1-2-5(4-6)7-14-8(13)15-16-7/h5-6H,1-4H2. The minimum Gasteiger partial charge on any atom is -0.215 e. The SMILES string of the molecule is FC(F)(F)C1CCCC(c2nc(I)ns2)C1. The van der Waals surface area contributed by atoms with Crippen LogP contribution in [0.25, 0.3) is 0 Å². The molecule has 1 heterocycles. The molecule has 1 aliphatic rings. The van der Waals surface area contributed by atoms with Crippen LogP contribution in [0.1, 0.15) is 36.6 Å². The van der Waals surface area contributed by atoms with E-state index in [1.54, 1.807) is 0 Å². The summed E-state index contributed by atoms with van der Waals surface area (Å²) < 4.78 is 42.5. The molecule has 2 unspecified atom stereocenters. The van der Waals surface area contributed by atoms with Crippen molar-refractivity contribution in [2.24, 2.45) is 5.92 Å². The fourth-order valence-electron chi connectivity index (χ4n) is 2.09. The average Bonchev–Trinajstić information content (AvgIpc) is 2.64. The highest BCUT2D eigenvalue weighted by Gasteiger charge is 2.42. The molecule has 1 saturated carbocycles. The lowest BCUT2D eigenvalue weighted by molar-refractivity contribution is -0.183. The van der Waals surface area contributed by atoms with Gasteiger partial charge in [0.25, 0.3) is 0 Å². The van der Waals surface area contributed by atoms with Gasteiger partial charge < -0.3 is 0 Å². The molecule has 2 atom stereocenters. The Labute approximate surface area is 109 Å². The summed E-state index contributed by atoms with van der Waals surface area (Å²) in [7, 11) is 0. The molecule has 2 rings (SSSR count). The van der Waals surface area contributed by atoms with E-state index in [0.717, 1.165) is 11.4 Å². The molecular formula is C9H10F3IN2S. The highest BCUT2D eigenvalue weighted by atomic mass is 127. The first-order chi connectivity index (χ1) is 7.47. The summed E-state index contributed by atoms with van der Waals surface area (Å²) in [6.45, 7) is 0. The largest absolute Gasteiger partial charge is 0.391 e. The van der Waals surface area contributed by atoms with Gasteiger partial charge in [-0.3, -0.25) is 0 Å². The van der Waals surface area contributed by atoms with Gasteiger partial charge in [-0.05, 0) is 30.8 Å². The molecule has 0 spiro atoms. The monoisotopic (exact) mass is 362 g/mol. The first kappa shape index (κ1) is 12.5. The molecule has 0 bridgehead atoms. The van der Waals surface area contributed by atoms with Crippen LogP contribution in [-0.4, -0.2) is 15.5 Å². The third-order valence-electron chi connectivity index (χ3n) is 2.90. The number of aromatic nitrogens is 2. The van der Waals surface area contributed by atoms with Crippen LogP contribution < -0.4 is 0 Å². The first-order valence-electron chi connectivity index (χ1n) is 5.02. The van der Waals surface area contributed by atoms with Gasteiger partial charge in [-0.25, -0.2) is 4.98 Å². The molecule has 0 N–H and O–H groups in total. The van der Waals surface area contributed by atoms with Crippen molar-refractivity contribution in [1.29, 1.82) is 0 Å². The Morgan fingerprint density at radius 2 is 2.06 bits per heavy atom. The normalized spacial score (nSPS) is 27.0. The van der Waals surface area contributed by atoms with Crippen molar-refractivity contribution in [2.75, 3.05) is 0 Å². The first-order valence-corrected chi connectivity index (χ1v) is 6.88. The second kappa shape index (κ2) is 4.75. The fourth-order valence-corrected chi connectivity index (χ4v) is 3.51. The highest BCUT2D eigenvalue weighted by Crippen LogP contribution is 2.43. The Kier molecular flexibility index (Phi) is 3.72. The van der Waals surface area contributed by atoms with Gasteiger partial charge in [-0.1, -0.05) is 6.42 Å². The summed E-state index contributed by atoms with van der Waals surface area (Å²) in [6, 6.07) is 0. The van der Waals surface area contributed by atoms with Crippen LogP contribution in [0.3, 0.4) is 0 Å². The van der Waals surface area contributed by atoms with E-state index in [2.05, 4.69) is 9.36 Å². The third-order valence-corrected chi connectivity index (χ3v) is 4.59. The predicted molar refractivity (Wildman–Crippen MR) is 63.4 cm³/mol. The summed E-state index contributed by atoms with van der Waals surface area (Å²) in [5, 5.41) is 0.762. The van der Waals surface area contributed by atoms with Gasteiger partial charge in [-0.15, -0.1) is 0 Å². The molecule has 90 valence electrons. The summed E-state index contributed by atoms with van der Waals surface area (Å²) in [5.41, 5.74) is 0. The van der Waals surface area contributed by atoms with Crippen molar-refractivity contribution in [3.8, 4) is 0 Å². The van der Waals surface area contributed by atoms with Crippen LogP contribution in [0.2, 0.25) is 0 Å². The van der Waals surface area contributed by atoms with E-state index in [1.165, 1.54) is 11.5 Å². The lowest BCUT2D eigenvalue weighted by Gasteiger charge is -2.29. The second-order valence-corrected chi connectivity index (χ2v) is 5.75. The van der Waals surface area contributed by atoms with Gasteiger partial charge in [0.1, 0.15) is 5.01 Å². The van der Waals surface area contributed by atoms with Crippen molar-refractivity contribution in [3.05, 3.63) is 8.84 Å². The molecule has 0 aliphatic heterocycles. The van der Waals surface area contributed by atoms with Crippen molar-refractivity contribution in [1.82, 2.24) is 9.36 Å². The van der Waals surface area contributed by atoms with Gasteiger partial charge in [0.05, 0.1) is 5.92 Å². The van der Waals surface area contributed by atoms with E-state index < -0.39 is 12.1 Å². The van der Waals surface area contributed by atoms with Gasteiger partial charge in [-0.2, -0.15) is 17.5 Å². The molecule has 0 radical (unpaired) electrons. The van der Waals surface area contributed by atoms with Gasteiger partial charge >= 0.3 is 6.18 Å². The zero-order valence-electron chi connectivity index (χ0n) is 8.30. The van der Waals surface area contributed by atoms with Crippen LogP contribution in [-0.2, 0) is 0 Å². The zero-order chi connectivity index (χ0) is 11.8. The van der Waals surface area contributed by atoms with Gasteiger partial charge in [0.15, 0.2) is 0 Å². The number of hydrogen-bond acceptors (Lipinski definition) is 3. The molecule has 1 fully saturated rings. The van der Waals surface area contributed by atoms with E-state index >= 15 is 0 Å². The molecule has 7 heteroatoms. The topological polar surface area (TPSA) is 25.8 Å².